The van der Waals surface area contributed by atoms with Gasteiger partial charge in [0, 0.05) is 19.3 Å². The number of rotatable bonds is 2. The molecular weight excluding hydrogens is 204 g/mol. The zero-order chi connectivity index (χ0) is 11.8. The molecule has 1 aromatic rings. The maximum Gasteiger partial charge on any atom is 0.337 e. The Morgan fingerprint density at radius 2 is 2.31 bits per heavy atom. The molecule has 1 aliphatic rings. The third kappa shape index (κ3) is 2.01. The largest absolute Gasteiger partial charge is 0.478 e. The molecule has 4 heteroatoms. The summed E-state index contributed by atoms with van der Waals surface area (Å²) in [5.74, 6) is -0.887. The summed E-state index contributed by atoms with van der Waals surface area (Å²) in [6.45, 7) is 6.19. The second-order valence-corrected chi connectivity index (χ2v) is 5.03. The van der Waals surface area contributed by atoms with Crippen LogP contribution in [0.25, 0.3) is 0 Å². The van der Waals surface area contributed by atoms with Gasteiger partial charge in [-0.15, -0.1) is 0 Å². The van der Waals surface area contributed by atoms with Gasteiger partial charge in [-0.25, -0.2) is 4.79 Å². The Bertz CT molecular complexity index is 415. The van der Waals surface area contributed by atoms with E-state index in [1.165, 1.54) is 6.20 Å². The molecule has 0 radical (unpaired) electrons. The second kappa shape index (κ2) is 3.77. The van der Waals surface area contributed by atoms with Crippen LogP contribution in [0.15, 0.2) is 18.5 Å². The minimum Gasteiger partial charge on any atom is -0.478 e. The van der Waals surface area contributed by atoms with Gasteiger partial charge in [0.15, 0.2) is 0 Å². The van der Waals surface area contributed by atoms with Crippen LogP contribution in [0.2, 0.25) is 0 Å². The van der Waals surface area contributed by atoms with Crippen molar-refractivity contribution in [3.05, 3.63) is 24.0 Å². The molecule has 0 atom stereocenters. The van der Waals surface area contributed by atoms with Gasteiger partial charge >= 0.3 is 5.97 Å². The molecule has 4 nitrogen and oxygen atoms in total. The van der Waals surface area contributed by atoms with Crippen LogP contribution in [0.5, 0.6) is 0 Å². The van der Waals surface area contributed by atoms with Crippen LogP contribution < -0.4 is 4.90 Å². The van der Waals surface area contributed by atoms with Crippen LogP contribution >= 0.6 is 0 Å². The number of carboxylic acid groups (broad SMARTS) is 1. The van der Waals surface area contributed by atoms with Crippen molar-refractivity contribution in [2.75, 3.05) is 18.0 Å². The van der Waals surface area contributed by atoms with E-state index in [4.69, 9.17) is 5.11 Å². The average Bonchev–Trinajstić information content (AvgIpc) is 2.59. The van der Waals surface area contributed by atoms with Crippen LogP contribution in [0.4, 0.5) is 5.69 Å². The van der Waals surface area contributed by atoms with E-state index in [2.05, 4.69) is 23.7 Å². The minimum absolute atomic E-state index is 0.256. The molecule has 0 aromatic carbocycles. The summed E-state index contributed by atoms with van der Waals surface area (Å²) in [4.78, 5) is 17.2. The lowest BCUT2D eigenvalue weighted by Gasteiger charge is -2.22. The molecule has 0 unspecified atom stereocenters. The first-order valence-corrected chi connectivity index (χ1v) is 5.42. The van der Waals surface area contributed by atoms with Gasteiger partial charge in [-0.1, -0.05) is 13.8 Å². The molecule has 0 spiro atoms. The van der Waals surface area contributed by atoms with E-state index in [-0.39, 0.29) is 5.41 Å². The second-order valence-electron chi connectivity index (χ2n) is 5.03. The monoisotopic (exact) mass is 220 g/mol. The highest BCUT2D eigenvalue weighted by Crippen LogP contribution is 2.33. The molecule has 2 heterocycles. The predicted octanol–water partition coefficient (Wildman–Crippen LogP) is 2.02. The molecular formula is C12H16N2O2. The van der Waals surface area contributed by atoms with E-state index in [0.717, 1.165) is 25.2 Å². The molecule has 0 amide bonds. The van der Waals surface area contributed by atoms with E-state index in [1.807, 2.05) is 0 Å². The number of aromatic carboxylic acids is 1. The Balaban J connectivity index is 2.31. The van der Waals surface area contributed by atoms with Crippen molar-refractivity contribution < 1.29 is 9.90 Å². The maximum absolute atomic E-state index is 11.1. The number of hydrogen-bond donors (Lipinski definition) is 1. The minimum atomic E-state index is -0.887. The fourth-order valence-corrected chi connectivity index (χ4v) is 2.14. The van der Waals surface area contributed by atoms with Crippen molar-refractivity contribution >= 4 is 11.7 Å². The molecule has 86 valence electrons. The summed E-state index contributed by atoms with van der Waals surface area (Å²) in [5, 5.41) is 9.10. The van der Waals surface area contributed by atoms with Gasteiger partial charge in [-0.2, -0.15) is 0 Å². The van der Waals surface area contributed by atoms with Crippen LogP contribution in [0.1, 0.15) is 30.6 Å². The molecule has 1 saturated heterocycles. The Morgan fingerprint density at radius 1 is 1.56 bits per heavy atom. The van der Waals surface area contributed by atoms with Gasteiger partial charge in [0.05, 0.1) is 17.4 Å². The lowest BCUT2D eigenvalue weighted by molar-refractivity contribution is 0.0697. The molecule has 1 aliphatic heterocycles. The summed E-state index contributed by atoms with van der Waals surface area (Å²) in [5.41, 5.74) is 1.33. The molecule has 0 saturated carbocycles. The Kier molecular flexibility index (Phi) is 2.58. The first kappa shape index (κ1) is 10.9. The van der Waals surface area contributed by atoms with E-state index in [1.54, 1.807) is 12.3 Å². The van der Waals surface area contributed by atoms with Crippen molar-refractivity contribution in [2.45, 2.75) is 20.3 Å². The number of carboxylic acids is 1. The van der Waals surface area contributed by atoms with Crippen molar-refractivity contribution in [1.82, 2.24) is 4.98 Å². The lowest BCUT2D eigenvalue weighted by Crippen LogP contribution is -2.24. The topological polar surface area (TPSA) is 53.4 Å². The zero-order valence-corrected chi connectivity index (χ0v) is 9.60. The number of hydrogen-bond acceptors (Lipinski definition) is 3. The van der Waals surface area contributed by atoms with E-state index >= 15 is 0 Å². The quantitative estimate of drug-likeness (QED) is 0.828. The lowest BCUT2D eigenvalue weighted by atomic mass is 9.93. The van der Waals surface area contributed by atoms with Crippen molar-refractivity contribution in [3.63, 3.8) is 0 Å². The molecule has 2 rings (SSSR count). The van der Waals surface area contributed by atoms with Crippen LogP contribution in [0.3, 0.4) is 0 Å². The number of nitrogens with zero attached hydrogens (tertiary/aromatic N) is 2. The standard InChI is InChI=1S/C12H16N2O2/c1-12(2)4-6-14(8-12)10-7-13-5-3-9(10)11(15)16/h3,5,7H,4,6,8H2,1-2H3,(H,15,16). The van der Waals surface area contributed by atoms with Crippen LogP contribution in [-0.4, -0.2) is 29.1 Å². The normalized spacial score (nSPS) is 18.8. The first-order chi connectivity index (χ1) is 7.49. The first-order valence-electron chi connectivity index (χ1n) is 5.42. The summed E-state index contributed by atoms with van der Waals surface area (Å²) < 4.78 is 0. The summed E-state index contributed by atoms with van der Waals surface area (Å²) >= 11 is 0. The van der Waals surface area contributed by atoms with Crippen molar-refractivity contribution in [3.8, 4) is 0 Å². The Hall–Kier alpha value is -1.58. The van der Waals surface area contributed by atoms with Crippen molar-refractivity contribution in [1.29, 1.82) is 0 Å². The van der Waals surface area contributed by atoms with Gasteiger partial charge in [-0.3, -0.25) is 4.98 Å². The molecule has 1 N–H and O–H groups in total. The zero-order valence-electron chi connectivity index (χ0n) is 9.60. The smallest absolute Gasteiger partial charge is 0.337 e. The van der Waals surface area contributed by atoms with Gasteiger partial charge in [0.2, 0.25) is 0 Å². The van der Waals surface area contributed by atoms with Crippen LogP contribution in [-0.2, 0) is 0 Å². The molecule has 1 aromatic heterocycles. The highest BCUT2D eigenvalue weighted by Gasteiger charge is 2.31. The van der Waals surface area contributed by atoms with Gasteiger partial charge in [0.25, 0.3) is 0 Å². The van der Waals surface area contributed by atoms with E-state index < -0.39 is 5.97 Å². The Morgan fingerprint density at radius 3 is 2.88 bits per heavy atom. The van der Waals surface area contributed by atoms with Gasteiger partial charge < -0.3 is 10.0 Å². The average molecular weight is 220 g/mol. The highest BCUT2D eigenvalue weighted by molar-refractivity contribution is 5.94. The molecule has 0 aliphatic carbocycles. The van der Waals surface area contributed by atoms with Gasteiger partial charge in [0.1, 0.15) is 0 Å². The summed E-state index contributed by atoms with van der Waals surface area (Å²) in [7, 11) is 0. The fraction of sp³-hybridized carbons (Fsp3) is 0.500. The molecule has 1 fully saturated rings. The highest BCUT2D eigenvalue weighted by atomic mass is 16.4. The predicted molar refractivity (Wildman–Crippen MR) is 61.8 cm³/mol. The number of anilines is 1. The summed E-state index contributed by atoms with van der Waals surface area (Å²) in [6, 6.07) is 1.56. The number of aromatic nitrogens is 1. The van der Waals surface area contributed by atoms with E-state index in [9.17, 15) is 4.79 Å². The van der Waals surface area contributed by atoms with E-state index in [0.29, 0.717) is 5.56 Å². The Labute approximate surface area is 94.9 Å². The third-order valence-electron chi connectivity index (χ3n) is 3.05. The van der Waals surface area contributed by atoms with Gasteiger partial charge in [-0.05, 0) is 17.9 Å². The fourth-order valence-electron chi connectivity index (χ4n) is 2.14. The molecule has 16 heavy (non-hydrogen) atoms. The van der Waals surface area contributed by atoms with Crippen molar-refractivity contribution in [2.24, 2.45) is 5.41 Å². The molecule has 0 bridgehead atoms. The maximum atomic E-state index is 11.1. The SMILES string of the molecule is CC1(C)CCN(c2cnccc2C(=O)O)C1. The number of pyridine rings is 1. The van der Waals surface area contributed by atoms with Crippen LogP contribution in [0, 0.1) is 5.41 Å². The number of carbonyl (C=O) groups is 1. The summed E-state index contributed by atoms with van der Waals surface area (Å²) in [6.07, 6.45) is 4.25. The third-order valence-corrected chi connectivity index (χ3v) is 3.05.